The first kappa shape index (κ1) is 10.5. The van der Waals surface area contributed by atoms with E-state index in [2.05, 4.69) is 25.3 Å². The van der Waals surface area contributed by atoms with E-state index in [9.17, 15) is 0 Å². The number of anilines is 1. The highest BCUT2D eigenvalue weighted by Gasteiger charge is 1.98. The second kappa shape index (κ2) is 4.65. The topological polar surface area (TPSA) is 63.6 Å². The molecule has 5 heteroatoms. The highest BCUT2D eigenvalue weighted by atomic mass is 15.1. The Morgan fingerprint density at radius 2 is 1.94 bits per heavy atom. The summed E-state index contributed by atoms with van der Waals surface area (Å²) in [7, 11) is 0. The second-order valence-corrected chi connectivity index (χ2v) is 3.52. The number of rotatable bonds is 3. The second-order valence-electron chi connectivity index (χ2n) is 3.52. The molecule has 2 aromatic rings. The van der Waals surface area contributed by atoms with E-state index >= 15 is 0 Å². The van der Waals surface area contributed by atoms with Gasteiger partial charge in [0, 0.05) is 18.1 Å². The van der Waals surface area contributed by atoms with E-state index in [1.165, 1.54) is 0 Å². The summed E-state index contributed by atoms with van der Waals surface area (Å²) in [5, 5.41) is 3.10. The van der Waals surface area contributed by atoms with Crippen LogP contribution in [0.2, 0.25) is 0 Å². The molecule has 0 fully saturated rings. The van der Waals surface area contributed by atoms with Crippen LogP contribution < -0.4 is 5.32 Å². The number of hydrogen-bond donors (Lipinski definition) is 1. The summed E-state index contributed by atoms with van der Waals surface area (Å²) in [6.07, 6.45) is 5.22. The predicted molar refractivity (Wildman–Crippen MR) is 60.9 cm³/mol. The van der Waals surface area contributed by atoms with Crippen LogP contribution in [0.5, 0.6) is 0 Å². The van der Waals surface area contributed by atoms with Crippen LogP contribution >= 0.6 is 0 Å². The molecule has 0 aromatic carbocycles. The molecular formula is C11H13N5. The van der Waals surface area contributed by atoms with E-state index in [4.69, 9.17) is 0 Å². The number of hydrogen-bond acceptors (Lipinski definition) is 5. The maximum Gasteiger partial charge on any atom is 0.223 e. The summed E-state index contributed by atoms with van der Waals surface area (Å²) in [4.78, 5) is 16.7. The van der Waals surface area contributed by atoms with Gasteiger partial charge in [0.25, 0.3) is 0 Å². The van der Waals surface area contributed by atoms with Crippen molar-refractivity contribution in [2.45, 2.75) is 20.4 Å². The van der Waals surface area contributed by atoms with Gasteiger partial charge in [0.05, 0.1) is 24.1 Å². The standard InChI is InChI=1S/C11H13N5/c1-8-3-4-12-11(16-8)15-7-10-6-13-9(2)5-14-10/h3-6H,7H2,1-2H3,(H,12,15,16). The van der Waals surface area contributed by atoms with Crippen LogP contribution in [0.25, 0.3) is 0 Å². The van der Waals surface area contributed by atoms with Gasteiger partial charge in [-0.3, -0.25) is 9.97 Å². The minimum absolute atomic E-state index is 0.580. The van der Waals surface area contributed by atoms with E-state index in [0.717, 1.165) is 17.1 Å². The van der Waals surface area contributed by atoms with Crippen LogP contribution in [0.15, 0.2) is 24.7 Å². The average Bonchev–Trinajstić information content (AvgIpc) is 2.28. The third-order valence-electron chi connectivity index (χ3n) is 2.06. The molecule has 0 bridgehead atoms. The molecule has 5 nitrogen and oxygen atoms in total. The molecule has 0 aliphatic heterocycles. The lowest BCUT2D eigenvalue weighted by Gasteiger charge is -2.04. The Labute approximate surface area is 94.0 Å². The SMILES string of the molecule is Cc1cnc(CNc2nccc(C)n2)cn1. The molecule has 1 N–H and O–H groups in total. The summed E-state index contributed by atoms with van der Waals surface area (Å²) in [6, 6.07) is 1.86. The summed E-state index contributed by atoms with van der Waals surface area (Å²) >= 11 is 0. The number of aromatic nitrogens is 4. The van der Waals surface area contributed by atoms with E-state index in [-0.39, 0.29) is 0 Å². The van der Waals surface area contributed by atoms with Crippen molar-refractivity contribution in [2.75, 3.05) is 5.32 Å². The molecule has 0 atom stereocenters. The molecule has 0 aliphatic rings. The van der Waals surface area contributed by atoms with E-state index in [1.807, 2.05) is 19.9 Å². The van der Waals surface area contributed by atoms with Gasteiger partial charge in [0.15, 0.2) is 0 Å². The Morgan fingerprint density at radius 1 is 1.06 bits per heavy atom. The van der Waals surface area contributed by atoms with Crippen molar-refractivity contribution in [3.05, 3.63) is 41.7 Å². The molecule has 0 amide bonds. The van der Waals surface area contributed by atoms with Gasteiger partial charge in [-0.1, -0.05) is 0 Å². The van der Waals surface area contributed by atoms with E-state index in [0.29, 0.717) is 12.5 Å². The molecule has 0 radical (unpaired) electrons. The Hall–Kier alpha value is -2.04. The van der Waals surface area contributed by atoms with Crippen molar-refractivity contribution in [3.63, 3.8) is 0 Å². The van der Waals surface area contributed by atoms with Crippen LogP contribution in [-0.4, -0.2) is 19.9 Å². The van der Waals surface area contributed by atoms with Crippen molar-refractivity contribution in [1.29, 1.82) is 0 Å². The lowest BCUT2D eigenvalue weighted by Crippen LogP contribution is -2.05. The van der Waals surface area contributed by atoms with Crippen LogP contribution in [-0.2, 0) is 6.54 Å². The quantitative estimate of drug-likeness (QED) is 0.840. The van der Waals surface area contributed by atoms with Gasteiger partial charge < -0.3 is 5.32 Å². The summed E-state index contributed by atoms with van der Waals surface area (Å²) < 4.78 is 0. The zero-order chi connectivity index (χ0) is 11.4. The lowest BCUT2D eigenvalue weighted by molar-refractivity contribution is 0.956. The molecule has 82 valence electrons. The number of aryl methyl sites for hydroxylation is 2. The van der Waals surface area contributed by atoms with Crippen LogP contribution in [0.3, 0.4) is 0 Å². The van der Waals surface area contributed by atoms with Gasteiger partial charge in [-0.05, 0) is 19.9 Å². The minimum atomic E-state index is 0.580. The summed E-state index contributed by atoms with van der Waals surface area (Å²) in [5.74, 6) is 0.613. The average molecular weight is 215 g/mol. The molecule has 0 unspecified atom stereocenters. The zero-order valence-electron chi connectivity index (χ0n) is 9.31. The molecule has 0 saturated carbocycles. The Morgan fingerprint density at radius 3 is 2.62 bits per heavy atom. The Balaban J connectivity index is 1.99. The predicted octanol–water partition coefficient (Wildman–Crippen LogP) is 1.50. The fraction of sp³-hybridized carbons (Fsp3) is 0.273. The molecule has 2 aromatic heterocycles. The molecule has 0 saturated heterocycles. The molecule has 16 heavy (non-hydrogen) atoms. The van der Waals surface area contributed by atoms with E-state index < -0.39 is 0 Å². The van der Waals surface area contributed by atoms with Crippen molar-refractivity contribution in [3.8, 4) is 0 Å². The Kier molecular flexibility index (Phi) is 3.05. The smallest absolute Gasteiger partial charge is 0.223 e. The number of nitrogens with zero attached hydrogens (tertiary/aromatic N) is 4. The third-order valence-corrected chi connectivity index (χ3v) is 2.06. The summed E-state index contributed by atoms with van der Waals surface area (Å²) in [6.45, 7) is 4.42. The first-order valence-corrected chi connectivity index (χ1v) is 5.05. The summed E-state index contributed by atoms with van der Waals surface area (Å²) in [5.41, 5.74) is 2.72. The van der Waals surface area contributed by atoms with Crippen molar-refractivity contribution in [1.82, 2.24) is 19.9 Å². The van der Waals surface area contributed by atoms with Gasteiger partial charge in [0.1, 0.15) is 0 Å². The third kappa shape index (κ3) is 2.73. The zero-order valence-corrected chi connectivity index (χ0v) is 9.31. The van der Waals surface area contributed by atoms with Crippen LogP contribution in [0.4, 0.5) is 5.95 Å². The van der Waals surface area contributed by atoms with Crippen molar-refractivity contribution in [2.24, 2.45) is 0 Å². The van der Waals surface area contributed by atoms with Gasteiger partial charge in [-0.25, -0.2) is 9.97 Å². The van der Waals surface area contributed by atoms with Gasteiger partial charge in [-0.2, -0.15) is 0 Å². The lowest BCUT2D eigenvalue weighted by atomic mass is 10.4. The maximum absolute atomic E-state index is 4.24. The highest BCUT2D eigenvalue weighted by Crippen LogP contribution is 2.01. The normalized spacial score (nSPS) is 10.1. The largest absolute Gasteiger partial charge is 0.349 e. The van der Waals surface area contributed by atoms with E-state index in [1.54, 1.807) is 18.6 Å². The molecule has 2 heterocycles. The fourth-order valence-electron chi connectivity index (χ4n) is 1.21. The Bertz CT molecular complexity index is 466. The first-order chi connectivity index (χ1) is 7.74. The van der Waals surface area contributed by atoms with Crippen LogP contribution in [0.1, 0.15) is 17.1 Å². The molecular weight excluding hydrogens is 202 g/mol. The fourth-order valence-corrected chi connectivity index (χ4v) is 1.21. The first-order valence-electron chi connectivity index (χ1n) is 5.05. The number of nitrogens with one attached hydrogen (secondary N) is 1. The van der Waals surface area contributed by atoms with Gasteiger partial charge in [-0.15, -0.1) is 0 Å². The van der Waals surface area contributed by atoms with Crippen LogP contribution in [0, 0.1) is 13.8 Å². The highest BCUT2D eigenvalue weighted by molar-refractivity contribution is 5.25. The maximum atomic E-state index is 4.24. The van der Waals surface area contributed by atoms with Crippen molar-refractivity contribution < 1.29 is 0 Å². The monoisotopic (exact) mass is 215 g/mol. The molecule has 0 spiro atoms. The van der Waals surface area contributed by atoms with Gasteiger partial charge >= 0.3 is 0 Å². The minimum Gasteiger partial charge on any atom is -0.349 e. The van der Waals surface area contributed by atoms with Crippen molar-refractivity contribution >= 4 is 5.95 Å². The van der Waals surface area contributed by atoms with Gasteiger partial charge in [0.2, 0.25) is 5.95 Å². The molecule has 2 rings (SSSR count). The molecule has 0 aliphatic carbocycles.